The summed E-state index contributed by atoms with van der Waals surface area (Å²) in [6.45, 7) is 5.92. The quantitative estimate of drug-likeness (QED) is 0.542. The molecule has 0 aliphatic carbocycles. The standard InChI is InChI=1S/C8H18N2/c1-3-10-6-4-5-8(10)7-9-2/h8H,2-7,9H2,1H3. The first-order valence-electron chi connectivity index (χ1n) is 4.23. The van der Waals surface area contributed by atoms with Gasteiger partial charge in [-0.05, 0) is 25.9 Å². The van der Waals surface area contributed by atoms with E-state index in [-0.39, 0.29) is 0 Å². The van der Waals surface area contributed by atoms with Crippen LogP contribution in [-0.4, -0.2) is 30.6 Å². The van der Waals surface area contributed by atoms with Crippen LogP contribution in [0.2, 0.25) is 0 Å². The number of quaternary nitrogens is 1. The maximum atomic E-state index is 3.77. The molecule has 0 amide bonds. The number of hydrogen-bond acceptors (Lipinski definition) is 1. The average Bonchev–Trinajstić information content (AvgIpc) is 2.36. The van der Waals surface area contributed by atoms with Gasteiger partial charge in [-0.2, -0.15) is 7.05 Å². The summed E-state index contributed by atoms with van der Waals surface area (Å²) < 4.78 is 0. The van der Waals surface area contributed by atoms with Gasteiger partial charge in [-0.3, -0.25) is 4.90 Å². The lowest BCUT2D eigenvalue weighted by atomic mass is 10.2. The predicted octanol–water partition coefficient (Wildman–Crippen LogP) is -0.174. The maximum Gasteiger partial charge on any atom is 0.0673 e. The number of rotatable bonds is 3. The SMILES string of the molecule is [CH2-][NH2+]CC1CCCN1CC. The van der Waals surface area contributed by atoms with Gasteiger partial charge in [-0.15, -0.1) is 0 Å². The van der Waals surface area contributed by atoms with Crippen LogP contribution < -0.4 is 5.32 Å². The summed E-state index contributed by atoms with van der Waals surface area (Å²) in [4.78, 5) is 2.54. The molecule has 2 heteroatoms. The smallest absolute Gasteiger partial charge is 0.0673 e. The molecule has 0 bridgehead atoms. The molecule has 1 aliphatic rings. The van der Waals surface area contributed by atoms with Gasteiger partial charge < -0.3 is 5.32 Å². The van der Waals surface area contributed by atoms with Crippen molar-refractivity contribution in [2.45, 2.75) is 25.8 Å². The fourth-order valence-corrected chi connectivity index (χ4v) is 1.77. The molecule has 1 fully saturated rings. The lowest BCUT2D eigenvalue weighted by Crippen LogP contribution is -2.80. The molecular formula is C8H18N2. The molecule has 0 aromatic rings. The Morgan fingerprint density at radius 3 is 3.10 bits per heavy atom. The van der Waals surface area contributed by atoms with Crippen LogP contribution in [0.5, 0.6) is 0 Å². The van der Waals surface area contributed by atoms with Crippen LogP contribution in [0.25, 0.3) is 0 Å². The van der Waals surface area contributed by atoms with Crippen molar-refractivity contribution in [1.29, 1.82) is 0 Å². The minimum atomic E-state index is 0.808. The maximum absolute atomic E-state index is 3.77. The van der Waals surface area contributed by atoms with Crippen LogP contribution in [0.15, 0.2) is 0 Å². The van der Waals surface area contributed by atoms with E-state index in [1.807, 2.05) is 5.32 Å². The van der Waals surface area contributed by atoms with Gasteiger partial charge in [-0.1, -0.05) is 6.92 Å². The topological polar surface area (TPSA) is 19.9 Å². The Labute approximate surface area is 63.6 Å². The van der Waals surface area contributed by atoms with E-state index in [2.05, 4.69) is 18.9 Å². The summed E-state index contributed by atoms with van der Waals surface area (Å²) in [5.41, 5.74) is 0. The van der Waals surface area contributed by atoms with Crippen molar-refractivity contribution in [3.8, 4) is 0 Å². The van der Waals surface area contributed by atoms with Crippen molar-refractivity contribution in [1.82, 2.24) is 4.90 Å². The van der Waals surface area contributed by atoms with Crippen LogP contribution in [0, 0.1) is 7.05 Å². The second kappa shape index (κ2) is 3.94. The van der Waals surface area contributed by atoms with Gasteiger partial charge in [0.15, 0.2) is 0 Å². The highest BCUT2D eigenvalue weighted by atomic mass is 15.2. The van der Waals surface area contributed by atoms with Gasteiger partial charge in [0, 0.05) is 0 Å². The Kier molecular flexibility index (Phi) is 3.16. The van der Waals surface area contributed by atoms with Gasteiger partial charge in [0.1, 0.15) is 0 Å². The van der Waals surface area contributed by atoms with Crippen molar-refractivity contribution >= 4 is 0 Å². The number of hydrogen-bond donors (Lipinski definition) is 1. The van der Waals surface area contributed by atoms with Gasteiger partial charge in [-0.25, -0.2) is 0 Å². The number of likely N-dealkylation sites (tertiary alicyclic amines) is 1. The van der Waals surface area contributed by atoms with Gasteiger partial charge in [0.2, 0.25) is 0 Å². The molecule has 0 aromatic heterocycles. The van der Waals surface area contributed by atoms with Crippen molar-refractivity contribution in [2.24, 2.45) is 0 Å². The van der Waals surface area contributed by atoms with Crippen LogP contribution in [-0.2, 0) is 0 Å². The van der Waals surface area contributed by atoms with E-state index in [4.69, 9.17) is 0 Å². The average molecular weight is 142 g/mol. The number of likely N-dealkylation sites (N-methyl/N-ethyl adjacent to an activating group) is 1. The molecule has 1 aliphatic heterocycles. The summed E-state index contributed by atoms with van der Waals surface area (Å²) in [7, 11) is 3.77. The van der Waals surface area contributed by atoms with E-state index in [0.717, 1.165) is 6.04 Å². The summed E-state index contributed by atoms with van der Waals surface area (Å²) >= 11 is 0. The minimum Gasteiger partial charge on any atom is -0.478 e. The lowest BCUT2D eigenvalue weighted by Gasteiger charge is -2.21. The van der Waals surface area contributed by atoms with Gasteiger partial charge in [0.25, 0.3) is 0 Å². The highest BCUT2D eigenvalue weighted by Gasteiger charge is 2.22. The third-order valence-corrected chi connectivity index (χ3v) is 2.34. The van der Waals surface area contributed by atoms with Crippen LogP contribution in [0.3, 0.4) is 0 Å². The van der Waals surface area contributed by atoms with Crippen LogP contribution >= 0.6 is 0 Å². The molecule has 1 saturated heterocycles. The summed E-state index contributed by atoms with van der Waals surface area (Å²) in [6, 6.07) is 0.808. The molecule has 0 saturated carbocycles. The van der Waals surface area contributed by atoms with Crippen molar-refractivity contribution in [3.63, 3.8) is 0 Å². The Hall–Kier alpha value is -0.0800. The molecule has 2 N–H and O–H groups in total. The largest absolute Gasteiger partial charge is 0.478 e. The second-order valence-corrected chi connectivity index (χ2v) is 2.95. The Balaban J connectivity index is 2.27. The zero-order valence-corrected chi connectivity index (χ0v) is 6.84. The Morgan fingerprint density at radius 1 is 1.70 bits per heavy atom. The molecule has 10 heavy (non-hydrogen) atoms. The van der Waals surface area contributed by atoms with Crippen LogP contribution in [0.1, 0.15) is 19.8 Å². The van der Waals surface area contributed by atoms with Gasteiger partial charge in [0.05, 0.1) is 12.6 Å². The lowest BCUT2D eigenvalue weighted by molar-refractivity contribution is -0.600. The van der Waals surface area contributed by atoms with E-state index < -0.39 is 0 Å². The fraction of sp³-hybridized carbons (Fsp3) is 0.875. The highest BCUT2D eigenvalue weighted by molar-refractivity contribution is 4.76. The van der Waals surface area contributed by atoms with Crippen molar-refractivity contribution in [3.05, 3.63) is 7.05 Å². The van der Waals surface area contributed by atoms with E-state index in [1.54, 1.807) is 0 Å². The molecule has 60 valence electrons. The van der Waals surface area contributed by atoms with Gasteiger partial charge >= 0.3 is 0 Å². The first kappa shape index (κ1) is 8.02. The Bertz CT molecular complexity index is 93.3. The first-order valence-corrected chi connectivity index (χ1v) is 4.23. The molecule has 1 unspecified atom stereocenters. The molecule has 1 heterocycles. The second-order valence-electron chi connectivity index (χ2n) is 2.95. The van der Waals surface area contributed by atoms with E-state index >= 15 is 0 Å². The van der Waals surface area contributed by atoms with Crippen LogP contribution in [0.4, 0.5) is 0 Å². The fourth-order valence-electron chi connectivity index (χ4n) is 1.77. The van der Waals surface area contributed by atoms with E-state index in [0.29, 0.717) is 0 Å². The molecule has 1 rings (SSSR count). The first-order chi connectivity index (χ1) is 4.88. The van der Waals surface area contributed by atoms with Crippen molar-refractivity contribution in [2.75, 3.05) is 19.6 Å². The third-order valence-electron chi connectivity index (χ3n) is 2.34. The molecule has 1 atom stereocenters. The van der Waals surface area contributed by atoms with E-state index in [1.165, 1.54) is 32.5 Å². The predicted molar refractivity (Wildman–Crippen MR) is 42.4 cm³/mol. The molecular weight excluding hydrogens is 124 g/mol. The summed E-state index contributed by atoms with van der Waals surface area (Å²) in [5, 5.41) is 2.04. The Morgan fingerprint density at radius 2 is 2.50 bits per heavy atom. The molecule has 0 radical (unpaired) electrons. The zero-order chi connectivity index (χ0) is 7.40. The molecule has 0 spiro atoms. The monoisotopic (exact) mass is 142 g/mol. The molecule has 2 nitrogen and oxygen atoms in total. The number of nitrogens with two attached hydrogens (primary N) is 1. The number of nitrogens with zero attached hydrogens (tertiary/aromatic N) is 1. The minimum absolute atomic E-state index is 0.808. The highest BCUT2D eigenvalue weighted by Crippen LogP contribution is 2.14. The van der Waals surface area contributed by atoms with E-state index in [9.17, 15) is 0 Å². The van der Waals surface area contributed by atoms with Crippen molar-refractivity contribution < 1.29 is 5.32 Å². The summed E-state index contributed by atoms with van der Waals surface area (Å²) in [6.07, 6.45) is 2.76. The zero-order valence-electron chi connectivity index (χ0n) is 6.84. The normalized spacial score (nSPS) is 27.6. The molecule has 0 aromatic carbocycles. The third kappa shape index (κ3) is 1.70. The summed E-state index contributed by atoms with van der Waals surface area (Å²) in [5.74, 6) is 0.